The number of ketones is 1. The Morgan fingerprint density at radius 2 is 1.52 bits per heavy atom. The van der Waals surface area contributed by atoms with Crippen molar-refractivity contribution in [3.05, 3.63) is 95.4 Å². The van der Waals surface area contributed by atoms with Gasteiger partial charge in [0.2, 0.25) is 0 Å². The number of nitrogens with zero attached hydrogens (tertiary/aromatic N) is 4. The normalized spacial score (nSPS) is 13.2. The fourth-order valence-electron chi connectivity index (χ4n) is 5.62. The highest BCUT2D eigenvalue weighted by Crippen LogP contribution is 2.29. The predicted octanol–water partition coefficient (Wildman–Crippen LogP) is 5.57. The highest BCUT2D eigenvalue weighted by Gasteiger charge is 2.28. The fraction of sp³-hybridized carbons (Fsp3) is 0.314. The molecule has 1 fully saturated rings. The average molecular weight is 594 g/mol. The van der Waals surface area contributed by atoms with Crippen LogP contribution in [0.15, 0.2) is 72.8 Å². The summed E-state index contributed by atoms with van der Waals surface area (Å²) in [5.41, 5.74) is 5.98. The summed E-state index contributed by atoms with van der Waals surface area (Å²) in [6.07, 6.45) is -0.296. The molecule has 2 aromatic carbocycles. The molecule has 0 atom stereocenters. The number of amides is 1. The summed E-state index contributed by atoms with van der Waals surface area (Å²) >= 11 is 0. The minimum Gasteiger partial charge on any atom is -0.462 e. The van der Waals surface area contributed by atoms with E-state index in [0.29, 0.717) is 16.9 Å². The molecule has 9 nitrogen and oxygen atoms in total. The summed E-state index contributed by atoms with van der Waals surface area (Å²) in [6, 6.07) is 22.9. The van der Waals surface area contributed by atoms with Crippen molar-refractivity contribution in [2.45, 2.75) is 47.3 Å². The summed E-state index contributed by atoms with van der Waals surface area (Å²) in [5, 5.41) is 2.76. The summed E-state index contributed by atoms with van der Waals surface area (Å²) in [6.45, 7) is 12.7. The molecule has 3 heterocycles. The second kappa shape index (κ2) is 13.2. The van der Waals surface area contributed by atoms with E-state index in [9.17, 15) is 14.4 Å². The number of ether oxygens (including phenoxy) is 1. The number of hydrogen-bond acceptors (Lipinski definition) is 7. The van der Waals surface area contributed by atoms with Gasteiger partial charge in [0.25, 0.3) is 11.7 Å². The molecule has 9 heteroatoms. The number of benzene rings is 2. The van der Waals surface area contributed by atoms with Gasteiger partial charge in [-0.1, -0.05) is 30.3 Å². The maximum absolute atomic E-state index is 13.7. The average Bonchev–Trinajstić information content (AvgIpc) is 3.32. The third-order valence-electron chi connectivity index (χ3n) is 7.64. The molecule has 1 aliphatic rings. The number of anilines is 3. The lowest BCUT2D eigenvalue weighted by molar-refractivity contribution is -0.148. The number of carbonyl (C=O) groups excluding carboxylic acids is 3. The molecular weight excluding hydrogens is 554 g/mol. The van der Waals surface area contributed by atoms with Gasteiger partial charge in [0.1, 0.15) is 18.1 Å². The smallest absolute Gasteiger partial charge is 0.326 e. The van der Waals surface area contributed by atoms with Crippen molar-refractivity contribution in [1.82, 2.24) is 9.55 Å². The Morgan fingerprint density at radius 1 is 0.864 bits per heavy atom. The molecule has 0 aliphatic carbocycles. The van der Waals surface area contributed by atoms with Crippen LogP contribution < -0.4 is 15.1 Å². The zero-order chi connectivity index (χ0) is 31.4. The monoisotopic (exact) mass is 593 g/mol. The van der Waals surface area contributed by atoms with E-state index >= 15 is 0 Å². The van der Waals surface area contributed by atoms with Crippen molar-refractivity contribution in [3.63, 3.8) is 0 Å². The van der Waals surface area contributed by atoms with Crippen molar-refractivity contribution >= 4 is 34.9 Å². The van der Waals surface area contributed by atoms with Crippen LogP contribution in [0.2, 0.25) is 0 Å². The van der Waals surface area contributed by atoms with Crippen LogP contribution in [0.3, 0.4) is 0 Å². The van der Waals surface area contributed by atoms with Gasteiger partial charge in [-0.25, -0.2) is 4.98 Å². The quantitative estimate of drug-likeness (QED) is 0.154. The number of aryl methyl sites for hydroxylation is 3. The van der Waals surface area contributed by atoms with Crippen molar-refractivity contribution in [2.24, 2.45) is 0 Å². The Hall–Kier alpha value is -4.92. The van der Waals surface area contributed by atoms with Crippen LogP contribution in [-0.4, -0.2) is 59.5 Å². The zero-order valence-corrected chi connectivity index (χ0v) is 26.0. The molecule has 0 bridgehead atoms. The molecule has 1 N–H and O–H groups in total. The second-order valence-corrected chi connectivity index (χ2v) is 11.5. The van der Waals surface area contributed by atoms with Crippen LogP contribution in [0.1, 0.15) is 41.3 Å². The van der Waals surface area contributed by atoms with Gasteiger partial charge < -0.3 is 24.4 Å². The first-order valence-corrected chi connectivity index (χ1v) is 14.9. The summed E-state index contributed by atoms with van der Waals surface area (Å²) < 4.78 is 6.89. The van der Waals surface area contributed by atoms with Crippen LogP contribution in [-0.2, 0) is 20.9 Å². The van der Waals surface area contributed by atoms with E-state index in [0.717, 1.165) is 48.9 Å². The SMILES string of the molecule is Cc1cc(C)nc(N2CCN(c3ccc(NC(=O)C(=O)c4c(-c5ccccc5)cc(C)n4CC(=O)OC(C)C)cc3)CC2)c1. The summed E-state index contributed by atoms with van der Waals surface area (Å²) in [7, 11) is 0. The van der Waals surface area contributed by atoms with Gasteiger partial charge in [-0.2, -0.15) is 0 Å². The molecule has 0 saturated carbocycles. The summed E-state index contributed by atoms with van der Waals surface area (Å²) in [5.74, 6) is -0.969. The van der Waals surface area contributed by atoms with E-state index in [2.05, 4.69) is 34.2 Å². The van der Waals surface area contributed by atoms with Crippen molar-refractivity contribution in [1.29, 1.82) is 0 Å². The lowest BCUT2D eigenvalue weighted by Crippen LogP contribution is -2.46. The molecule has 1 aliphatic heterocycles. The number of carbonyl (C=O) groups is 3. The van der Waals surface area contributed by atoms with Crippen molar-refractivity contribution < 1.29 is 19.1 Å². The Balaban J connectivity index is 1.29. The number of nitrogens with one attached hydrogen (secondary N) is 1. The molecular formula is C35H39N5O4. The molecule has 228 valence electrons. The number of aromatic nitrogens is 2. The molecule has 0 unspecified atom stereocenters. The first-order chi connectivity index (χ1) is 21.1. The van der Waals surface area contributed by atoms with Crippen LogP contribution in [0.4, 0.5) is 17.2 Å². The minimum absolute atomic E-state index is 0.152. The molecule has 2 aromatic heterocycles. The highest BCUT2D eigenvalue weighted by atomic mass is 16.5. The van der Waals surface area contributed by atoms with Gasteiger partial charge in [0, 0.05) is 54.5 Å². The van der Waals surface area contributed by atoms with Gasteiger partial charge in [0.15, 0.2) is 0 Å². The molecule has 1 saturated heterocycles. The predicted molar refractivity (Wildman–Crippen MR) is 173 cm³/mol. The number of pyridine rings is 1. The standard InChI is InChI=1S/C35H39N5O4/c1-23(2)44-32(41)22-40-26(5)21-30(27-9-7-6-8-10-27)33(40)34(42)35(43)37-28-11-13-29(14-12-28)38-15-17-39(18-16-38)31-20-24(3)19-25(4)36-31/h6-14,19-21,23H,15-18,22H2,1-5H3,(H,37,43). The van der Waals surface area contributed by atoms with Crippen LogP contribution in [0.25, 0.3) is 11.1 Å². The van der Waals surface area contributed by atoms with E-state index in [1.165, 1.54) is 5.56 Å². The largest absolute Gasteiger partial charge is 0.462 e. The minimum atomic E-state index is -0.777. The van der Waals surface area contributed by atoms with Gasteiger partial charge >= 0.3 is 5.97 Å². The lowest BCUT2D eigenvalue weighted by atomic mass is 10.0. The first kappa shape index (κ1) is 30.5. The van der Waals surface area contributed by atoms with Crippen LogP contribution in [0, 0.1) is 20.8 Å². The van der Waals surface area contributed by atoms with Crippen molar-refractivity contribution in [2.75, 3.05) is 41.3 Å². The number of Topliss-reactive ketones (excluding diaryl/α,β-unsaturated/α-hetero) is 1. The Bertz CT molecular complexity index is 1630. The van der Waals surface area contributed by atoms with E-state index < -0.39 is 17.7 Å². The number of rotatable bonds is 9. The maximum atomic E-state index is 13.7. The van der Waals surface area contributed by atoms with Gasteiger partial charge in [-0.3, -0.25) is 14.4 Å². The Morgan fingerprint density at radius 3 is 2.16 bits per heavy atom. The van der Waals surface area contributed by atoms with Crippen LogP contribution >= 0.6 is 0 Å². The van der Waals surface area contributed by atoms with Gasteiger partial charge in [0.05, 0.1) is 6.10 Å². The summed E-state index contributed by atoms with van der Waals surface area (Å²) in [4.78, 5) is 48.9. The lowest BCUT2D eigenvalue weighted by Gasteiger charge is -2.37. The third-order valence-corrected chi connectivity index (χ3v) is 7.64. The van der Waals surface area contributed by atoms with Crippen LogP contribution in [0.5, 0.6) is 0 Å². The number of piperazine rings is 1. The Kier molecular flexibility index (Phi) is 9.13. The molecule has 5 rings (SSSR count). The molecule has 0 radical (unpaired) electrons. The second-order valence-electron chi connectivity index (χ2n) is 11.5. The molecule has 1 amide bonds. The van der Waals surface area contributed by atoms with E-state index in [4.69, 9.17) is 9.72 Å². The molecule has 44 heavy (non-hydrogen) atoms. The first-order valence-electron chi connectivity index (χ1n) is 14.9. The number of hydrogen-bond donors (Lipinski definition) is 1. The van der Waals surface area contributed by atoms with E-state index in [-0.39, 0.29) is 18.3 Å². The fourth-order valence-corrected chi connectivity index (χ4v) is 5.62. The topological polar surface area (TPSA) is 96.8 Å². The van der Waals surface area contributed by atoms with Gasteiger partial charge in [-0.15, -0.1) is 0 Å². The van der Waals surface area contributed by atoms with Gasteiger partial charge in [-0.05, 0) is 88.2 Å². The Labute approximate surface area is 258 Å². The maximum Gasteiger partial charge on any atom is 0.326 e. The highest BCUT2D eigenvalue weighted by molar-refractivity contribution is 6.47. The van der Waals surface area contributed by atoms with E-state index in [1.54, 1.807) is 37.5 Å². The van der Waals surface area contributed by atoms with E-state index in [1.807, 2.05) is 55.5 Å². The zero-order valence-electron chi connectivity index (χ0n) is 26.0. The third kappa shape index (κ3) is 6.99. The number of esters is 1. The molecule has 4 aromatic rings. The molecule has 0 spiro atoms. The van der Waals surface area contributed by atoms with Crippen molar-refractivity contribution in [3.8, 4) is 11.1 Å².